The van der Waals surface area contributed by atoms with Crippen molar-refractivity contribution in [1.82, 2.24) is 15.0 Å². The summed E-state index contributed by atoms with van der Waals surface area (Å²) in [5.74, 6) is 1.84. The molecule has 0 radical (unpaired) electrons. The molecule has 54 heavy (non-hydrogen) atoms. The van der Waals surface area contributed by atoms with Crippen molar-refractivity contribution in [2.45, 2.75) is 0 Å². The number of hydrogen-bond acceptors (Lipinski definition) is 5. The number of hydrogen-bond donors (Lipinski definition) is 0. The lowest BCUT2D eigenvalue weighted by Gasteiger charge is -2.10. The molecule has 4 nitrogen and oxygen atoms in total. The van der Waals surface area contributed by atoms with Crippen LogP contribution >= 0.6 is 11.3 Å². The maximum Gasteiger partial charge on any atom is 0.164 e. The van der Waals surface area contributed by atoms with E-state index in [9.17, 15) is 0 Å². The normalized spacial score (nSPS) is 11.7. The van der Waals surface area contributed by atoms with Crippen molar-refractivity contribution in [3.05, 3.63) is 176 Å². The molecule has 0 atom stereocenters. The summed E-state index contributed by atoms with van der Waals surface area (Å²) in [5, 5.41) is 7.19. The highest BCUT2D eigenvalue weighted by Crippen LogP contribution is 2.44. The van der Waals surface area contributed by atoms with Gasteiger partial charge in [0.05, 0.1) is 0 Å². The topological polar surface area (TPSA) is 51.8 Å². The van der Waals surface area contributed by atoms with Gasteiger partial charge in [-0.25, -0.2) is 15.0 Å². The Hall–Kier alpha value is -6.95. The average molecular weight is 708 g/mol. The minimum Gasteiger partial charge on any atom is -0.456 e. The predicted octanol–water partition coefficient (Wildman–Crippen LogP) is 13.6. The monoisotopic (exact) mass is 707 g/mol. The van der Waals surface area contributed by atoms with E-state index in [-0.39, 0.29) is 0 Å². The van der Waals surface area contributed by atoms with E-state index in [0.29, 0.717) is 17.5 Å². The van der Waals surface area contributed by atoms with Gasteiger partial charge in [-0.2, -0.15) is 0 Å². The Morgan fingerprint density at radius 2 is 0.870 bits per heavy atom. The molecule has 0 unspecified atom stereocenters. The fourth-order valence-electron chi connectivity index (χ4n) is 7.67. The van der Waals surface area contributed by atoms with E-state index in [0.717, 1.165) is 44.2 Å². The molecular formula is C49H29N3OS. The smallest absolute Gasteiger partial charge is 0.164 e. The highest BCUT2D eigenvalue weighted by atomic mass is 32.1. The number of thiophene rings is 1. The van der Waals surface area contributed by atoms with Gasteiger partial charge in [-0.05, 0) is 63.4 Å². The number of fused-ring (bicyclic) bond motifs is 7. The third kappa shape index (κ3) is 5.09. The maximum atomic E-state index is 6.25. The van der Waals surface area contributed by atoms with Crippen molar-refractivity contribution in [3.8, 4) is 56.4 Å². The summed E-state index contributed by atoms with van der Waals surface area (Å²) in [6, 6.07) is 61.6. The predicted molar refractivity (Wildman–Crippen MR) is 225 cm³/mol. The van der Waals surface area contributed by atoms with E-state index in [2.05, 4.69) is 121 Å². The lowest BCUT2D eigenvalue weighted by atomic mass is 9.98. The standard InChI is InChI=1S/C49H29N3OS/c1-2-12-31(13-3-1)47-50-48(52-49(51-47)36-25-26-40-39-17-6-7-22-43(39)53-44(40)29-36)35-16-8-15-33(28-35)37-18-9-20-41-42-21-10-19-38(46(42)54-45(37)41)34-24-23-30-11-4-5-14-32(30)27-34/h1-29H. The first-order valence-corrected chi connectivity index (χ1v) is 18.8. The van der Waals surface area contributed by atoms with Crippen LogP contribution in [0.15, 0.2) is 180 Å². The molecule has 11 rings (SSSR count). The molecule has 8 aromatic carbocycles. The molecule has 0 aliphatic carbocycles. The van der Waals surface area contributed by atoms with Crippen LogP contribution in [0.5, 0.6) is 0 Å². The van der Waals surface area contributed by atoms with Gasteiger partial charge in [0.1, 0.15) is 11.2 Å². The molecule has 0 spiro atoms. The quantitative estimate of drug-likeness (QED) is 0.179. The van der Waals surface area contributed by atoms with E-state index in [1.807, 2.05) is 65.9 Å². The molecule has 11 aromatic rings. The van der Waals surface area contributed by atoms with E-state index in [1.54, 1.807) is 0 Å². The molecule has 3 heterocycles. The molecule has 0 aliphatic heterocycles. The zero-order chi connectivity index (χ0) is 35.6. The van der Waals surface area contributed by atoms with Gasteiger partial charge >= 0.3 is 0 Å². The fourth-order valence-corrected chi connectivity index (χ4v) is 9.04. The summed E-state index contributed by atoms with van der Waals surface area (Å²) >= 11 is 1.86. The lowest BCUT2D eigenvalue weighted by molar-refractivity contribution is 0.669. The van der Waals surface area contributed by atoms with Gasteiger partial charge in [0.15, 0.2) is 17.5 Å². The minimum atomic E-state index is 0.597. The van der Waals surface area contributed by atoms with Crippen LogP contribution in [-0.4, -0.2) is 15.0 Å². The van der Waals surface area contributed by atoms with Gasteiger partial charge in [0.2, 0.25) is 0 Å². The first-order chi connectivity index (χ1) is 26.7. The summed E-state index contributed by atoms with van der Waals surface area (Å²) in [7, 11) is 0. The van der Waals surface area contributed by atoms with Crippen molar-refractivity contribution in [2.75, 3.05) is 0 Å². The van der Waals surface area contributed by atoms with Crippen LogP contribution in [0.2, 0.25) is 0 Å². The Balaban J connectivity index is 1.05. The van der Waals surface area contributed by atoms with Crippen LogP contribution in [0, 0.1) is 0 Å². The summed E-state index contributed by atoms with van der Waals surface area (Å²) in [6.45, 7) is 0. The molecular weight excluding hydrogens is 679 g/mol. The first kappa shape index (κ1) is 30.7. The number of nitrogens with zero attached hydrogens (tertiary/aromatic N) is 3. The van der Waals surface area contributed by atoms with Crippen LogP contribution < -0.4 is 0 Å². The zero-order valence-corrected chi connectivity index (χ0v) is 29.7. The number of benzene rings is 8. The molecule has 0 fully saturated rings. The Morgan fingerprint density at radius 1 is 0.333 bits per heavy atom. The Kier molecular flexibility index (Phi) is 7.00. The maximum absolute atomic E-state index is 6.25. The molecule has 0 bridgehead atoms. The summed E-state index contributed by atoms with van der Waals surface area (Å²) < 4.78 is 8.80. The Labute approximate surface area is 314 Å². The summed E-state index contributed by atoms with van der Waals surface area (Å²) in [4.78, 5) is 15.1. The Morgan fingerprint density at radius 3 is 1.65 bits per heavy atom. The largest absolute Gasteiger partial charge is 0.456 e. The number of furan rings is 1. The average Bonchev–Trinajstić information content (AvgIpc) is 3.82. The molecule has 0 saturated heterocycles. The lowest BCUT2D eigenvalue weighted by Crippen LogP contribution is -2.00. The van der Waals surface area contributed by atoms with E-state index in [4.69, 9.17) is 19.4 Å². The number of aromatic nitrogens is 3. The molecule has 0 saturated carbocycles. The second kappa shape index (κ2) is 12.3. The van der Waals surface area contributed by atoms with E-state index < -0.39 is 0 Å². The van der Waals surface area contributed by atoms with Crippen LogP contribution in [-0.2, 0) is 0 Å². The Bertz CT molecular complexity index is 3230. The summed E-state index contributed by atoms with van der Waals surface area (Å²) in [5.41, 5.74) is 9.18. The van der Waals surface area contributed by atoms with Gasteiger partial charge in [0, 0.05) is 47.6 Å². The van der Waals surface area contributed by atoms with Crippen LogP contribution in [0.3, 0.4) is 0 Å². The fraction of sp³-hybridized carbons (Fsp3) is 0. The number of para-hydroxylation sites is 1. The number of rotatable bonds is 5. The molecule has 0 aliphatic rings. The third-order valence-corrected chi connectivity index (χ3v) is 11.6. The van der Waals surface area contributed by atoms with Crippen molar-refractivity contribution >= 4 is 64.2 Å². The highest BCUT2D eigenvalue weighted by Gasteiger charge is 2.17. The minimum absolute atomic E-state index is 0.597. The highest BCUT2D eigenvalue weighted by molar-refractivity contribution is 7.26. The van der Waals surface area contributed by atoms with Crippen molar-refractivity contribution in [3.63, 3.8) is 0 Å². The third-order valence-electron chi connectivity index (χ3n) is 10.3. The molecule has 0 amide bonds. The second-order valence-corrected chi connectivity index (χ2v) is 14.6. The molecule has 0 N–H and O–H groups in total. The summed E-state index contributed by atoms with van der Waals surface area (Å²) in [6.07, 6.45) is 0. The van der Waals surface area contributed by atoms with Crippen molar-refractivity contribution in [1.29, 1.82) is 0 Å². The van der Waals surface area contributed by atoms with Gasteiger partial charge in [-0.3, -0.25) is 0 Å². The van der Waals surface area contributed by atoms with E-state index >= 15 is 0 Å². The van der Waals surface area contributed by atoms with Gasteiger partial charge < -0.3 is 4.42 Å². The molecule has 3 aromatic heterocycles. The van der Waals surface area contributed by atoms with Crippen LogP contribution in [0.25, 0.3) is 109 Å². The van der Waals surface area contributed by atoms with Crippen LogP contribution in [0.4, 0.5) is 0 Å². The van der Waals surface area contributed by atoms with Crippen molar-refractivity contribution in [2.24, 2.45) is 0 Å². The molecule has 252 valence electrons. The van der Waals surface area contributed by atoms with Crippen LogP contribution in [0.1, 0.15) is 0 Å². The van der Waals surface area contributed by atoms with E-state index in [1.165, 1.54) is 47.6 Å². The SMILES string of the molecule is c1ccc(-c2nc(-c3cccc(-c4cccc5c4sc4c(-c6ccc7ccccc7c6)cccc45)c3)nc(-c3ccc4c(c3)oc3ccccc34)n2)cc1. The van der Waals surface area contributed by atoms with Gasteiger partial charge in [-0.15, -0.1) is 11.3 Å². The zero-order valence-electron chi connectivity index (χ0n) is 28.9. The van der Waals surface area contributed by atoms with Gasteiger partial charge in [0.25, 0.3) is 0 Å². The second-order valence-electron chi connectivity index (χ2n) is 13.6. The first-order valence-electron chi connectivity index (χ1n) is 18.0. The van der Waals surface area contributed by atoms with Gasteiger partial charge in [-0.1, -0.05) is 146 Å². The van der Waals surface area contributed by atoms with Crippen molar-refractivity contribution < 1.29 is 4.42 Å². The molecule has 5 heteroatoms.